The number of fused-ring (bicyclic) bond motifs is 1. The van der Waals surface area contributed by atoms with Gasteiger partial charge in [0.15, 0.2) is 0 Å². The van der Waals surface area contributed by atoms with Crippen LogP contribution in [0.2, 0.25) is 0 Å². The first-order valence-corrected chi connectivity index (χ1v) is 17.7. The molecule has 0 aliphatic rings. The van der Waals surface area contributed by atoms with Crippen molar-refractivity contribution in [3.63, 3.8) is 0 Å². The SMILES string of the molecule is C=Cc1nc(-c2cccc(-c3cc(-c4ccccc4)cc(-c4cccc(-c5nc6ccccn6c5-c5ccccc5)n4)n3)n2)c(-c2ccccc2)n1C=C. The Bertz CT molecular complexity index is 2800. The van der Waals surface area contributed by atoms with Crippen molar-refractivity contribution in [2.24, 2.45) is 0 Å². The Morgan fingerprint density at radius 2 is 0.907 bits per heavy atom. The summed E-state index contributed by atoms with van der Waals surface area (Å²) in [5.41, 5.74) is 12.7. The lowest BCUT2D eigenvalue weighted by Gasteiger charge is -2.12. The predicted molar refractivity (Wildman–Crippen MR) is 219 cm³/mol. The molecule has 0 saturated carbocycles. The molecular formula is C47H33N7. The average molecular weight is 696 g/mol. The van der Waals surface area contributed by atoms with E-state index in [0.29, 0.717) is 22.9 Å². The van der Waals surface area contributed by atoms with Crippen LogP contribution in [-0.4, -0.2) is 33.9 Å². The Morgan fingerprint density at radius 1 is 0.407 bits per heavy atom. The van der Waals surface area contributed by atoms with Gasteiger partial charge in [-0.25, -0.2) is 24.9 Å². The van der Waals surface area contributed by atoms with Crippen molar-refractivity contribution in [3.05, 3.63) is 183 Å². The summed E-state index contributed by atoms with van der Waals surface area (Å²) in [4.78, 5) is 25.7. The lowest BCUT2D eigenvalue weighted by molar-refractivity contribution is 1.11. The standard InChI is InChI=1S/C47H33N7/c1-3-42-51-44(46(53(42)4-2)33-20-10-6-11-21-33)38-26-16-24-36(48-38)40-30-35(32-18-8-5-9-19-32)31-41(50-40)37-25-17-27-39(49-37)45-47(34-22-12-7-13-23-34)54-29-15-14-28-43(54)52-45/h3-31H,1-2H2. The van der Waals surface area contributed by atoms with Gasteiger partial charge in [0.05, 0.1) is 45.6 Å². The van der Waals surface area contributed by atoms with Crippen LogP contribution in [0.3, 0.4) is 0 Å². The van der Waals surface area contributed by atoms with Crippen molar-refractivity contribution in [1.29, 1.82) is 0 Å². The van der Waals surface area contributed by atoms with Crippen LogP contribution < -0.4 is 0 Å². The molecule has 9 rings (SSSR count). The lowest BCUT2D eigenvalue weighted by atomic mass is 10.0. The molecule has 6 heterocycles. The normalized spacial score (nSPS) is 11.1. The third-order valence-electron chi connectivity index (χ3n) is 9.37. The fraction of sp³-hybridized carbons (Fsp3) is 0. The zero-order valence-corrected chi connectivity index (χ0v) is 29.3. The third-order valence-corrected chi connectivity index (χ3v) is 9.37. The van der Waals surface area contributed by atoms with E-state index in [4.69, 9.17) is 24.9 Å². The third kappa shape index (κ3) is 5.89. The van der Waals surface area contributed by atoms with Gasteiger partial charge in [0, 0.05) is 23.5 Å². The number of benzene rings is 3. The first-order chi connectivity index (χ1) is 26.7. The quantitative estimate of drug-likeness (QED) is 0.150. The van der Waals surface area contributed by atoms with E-state index in [1.54, 1.807) is 12.3 Å². The molecule has 9 aromatic rings. The smallest absolute Gasteiger partial charge is 0.138 e. The zero-order chi connectivity index (χ0) is 36.4. The molecule has 6 aromatic heterocycles. The van der Waals surface area contributed by atoms with Gasteiger partial charge in [0.1, 0.15) is 22.9 Å². The Labute approximate surface area is 313 Å². The van der Waals surface area contributed by atoms with E-state index in [1.165, 1.54) is 0 Å². The molecule has 0 aliphatic carbocycles. The fourth-order valence-corrected chi connectivity index (χ4v) is 6.88. The Balaban J connectivity index is 1.20. The number of hydrogen-bond acceptors (Lipinski definition) is 5. The van der Waals surface area contributed by atoms with Gasteiger partial charge in [-0.2, -0.15) is 0 Å². The summed E-state index contributed by atoms with van der Waals surface area (Å²) in [6.07, 6.45) is 5.53. The first-order valence-electron chi connectivity index (χ1n) is 17.7. The predicted octanol–water partition coefficient (Wildman–Crippen LogP) is 11.1. The highest BCUT2D eigenvalue weighted by Gasteiger charge is 2.21. The Kier molecular flexibility index (Phi) is 8.34. The van der Waals surface area contributed by atoms with Crippen LogP contribution in [-0.2, 0) is 0 Å². The van der Waals surface area contributed by atoms with Crippen molar-refractivity contribution < 1.29 is 0 Å². The molecule has 3 aromatic carbocycles. The number of rotatable bonds is 9. The molecule has 0 amide bonds. The van der Waals surface area contributed by atoms with E-state index in [-0.39, 0.29) is 0 Å². The van der Waals surface area contributed by atoms with Crippen molar-refractivity contribution in [2.45, 2.75) is 0 Å². The Morgan fingerprint density at radius 3 is 1.48 bits per heavy atom. The molecule has 0 atom stereocenters. The molecule has 7 nitrogen and oxygen atoms in total. The molecule has 0 saturated heterocycles. The van der Waals surface area contributed by atoms with Gasteiger partial charge in [0.25, 0.3) is 0 Å². The van der Waals surface area contributed by atoms with E-state index < -0.39 is 0 Å². The van der Waals surface area contributed by atoms with Crippen LogP contribution in [0.5, 0.6) is 0 Å². The molecule has 0 unspecified atom stereocenters. The van der Waals surface area contributed by atoms with Gasteiger partial charge < -0.3 is 0 Å². The van der Waals surface area contributed by atoms with E-state index in [2.05, 4.69) is 66.1 Å². The van der Waals surface area contributed by atoms with Crippen LogP contribution in [0.25, 0.3) is 97.1 Å². The first kappa shape index (κ1) is 32.4. The zero-order valence-electron chi connectivity index (χ0n) is 29.3. The second kappa shape index (κ2) is 13.9. The van der Waals surface area contributed by atoms with Gasteiger partial charge in [-0.05, 0) is 65.7 Å². The maximum atomic E-state index is 5.22. The number of nitrogens with zero attached hydrogens (tertiary/aromatic N) is 7. The molecule has 0 aliphatic heterocycles. The minimum Gasteiger partial charge on any atom is -0.300 e. The second-order valence-corrected chi connectivity index (χ2v) is 12.7. The van der Waals surface area contributed by atoms with Gasteiger partial charge in [-0.1, -0.05) is 122 Å². The molecule has 7 heteroatoms. The summed E-state index contributed by atoms with van der Waals surface area (Å²) in [6.45, 7) is 8.07. The average Bonchev–Trinajstić information content (AvgIpc) is 3.84. The Hall–Kier alpha value is -7.51. The van der Waals surface area contributed by atoms with E-state index >= 15 is 0 Å². The highest BCUT2D eigenvalue weighted by atomic mass is 15.1. The molecular weight excluding hydrogens is 663 g/mol. The summed E-state index contributed by atoms with van der Waals surface area (Å²) in [6, 6.07) is 52.9. The number of aromatic nitrogens is 7. The highest BCUT2D eigenvalue weighted by Crippen LogP contribution is 2.36. The topological polar surface area (TPSA) is 73.8 Å². The molecule has 0 bridgehead atoms. The summed E-state index contributed by atoms with van der Waals surface area (Å²) >= 11 is 0. The molecule has 0 spiro atoms. The second-order valence-electron chi connectivity index (χ2n) is 12.7. The van der Waals surface area contributed by atoms with Crippen LogP contribution in [0.4, 0.5) is 0 Å². The van der Waals surface area contributed by atoms with Crippen LogP contribution in [0.15, 0.2) is 177 Å². The molecule has 0 fully saturated rings. The van der Waals surface area contributed by atoms with E-state index in [1.807, 2.05) is 120 Å². The van der Waals surface area contributed by atoms with Crippen LogP contribution in [0, 0.1) is 0 Å². The largest absolute Gasteiger partial charge is 0.300 e. The molecule has 54 heavy (non-hydrogen) atoms. The fourth-order valence-electron chi connectivity index (χ4n) is 6.88. The molecule has 256 valence electrons. The van der Waals surface area contributed by atoms with Gasteiger partial charge >= 0.3 is 0 Å². The van der Waals surface area contributed by atoms with Crippen molar-refractivity contribution in [2.75, 3.05) is 0 Å². The molecule has 0 N–H and O–H groups in total. The monoisotopic (exact) mass is 695 g/mol. The maximum absolute atomic E-state index is 5.22. The summed E-state index contributed by atoms with van der Waals surface area (Å²) in [5, 5.41) is 0. The van der Waals surface area contributed by atoms with Crippen molar-refractivity contribution in [3.8, 4) is 79.2 Å². The number of hydrogen-bond donors (Lipinski definition) is 0. The van der Waals surface area contributed by atoms with E-state index in [0.717, 1.165) is 67.8 Å². The number of imidazole rings is 2. The van der Waals surface area contributed by atoms with Gasteiger partial charge in [-0.15, -0.1) is 0 Å². The summed E-state index contributed by atoms with van der Waals surface area (Å²) in [7, 11) is 0. The van der Waals surface area contributed by atoms with Gasteiger partial charge in [-0.3, -0.25) is 8.97 Å². The van der Waals surface area contributed by atoms with Gasteiger partial charge in [0.2, 0.25) is 0 Å². The number of pyridine rings is 4. The van der Waals surface area contributed by atoms with E-state index in [9.17, 15) is 0 Å². The molecule has 0 radical (unpaired) electrons. The van der Waals surface area contributed by atoms with Crippen molar-refractivity contribution in [1.82, 2.24) is 33.9 Å². The minimum atomic E-state index is 0.685. The summed E-state index contributed by atoms with van der Waals surface area (Å²) in [5.74, 6) is 0.685. The maximum Gasteiger partial charge on any atom is 0.138 e. The minimum absolute atomic E-state index is 0.685. The van der Waals surface area contributed by atoms with Crippen LogP contribution >= 0.6 is 0 Å². The van der Waals surface area contributed by atoms with Crippen molar-refractivity contribution >= 4 is 17.9 Å². The van der Waals surface area contributed by atoms with Crippen LogP contribution in [0.1, 0.15) is 5.82 Å². The summed E-state index contributed by atoms with van der Waals surface area (Å²) < 4.78 is 4.06. The highest BCUT2D eigenvalue weighted by molar-refractivity contribution is 5.83. The lowest BCUT2D eigenvalue weighted by Crippen LogP contribution is -1.97.